The Balaban J connectivity index is 2.28. The molecule has 10 nitrogen and oxygen atoms in total. The Morgan fingerprint density at radius 3 is 2.43 bits per heavy atom. The van der Waals surface area contributed by atoms with Gasteiger partial charge >= 0.3 is 13.0 Å². The predicted molar refractivity (Wildman–Crippen MR) is 92.0 cm³/mol. The SMILES string of the molecule is NC(=O)[C@H](NC(=O)C(F)F)C(=O)Nc1ccc(N2CCOCC2=O)cc1OC(F)F. The van der Waals surface area contributed by atoms with Crippen LogP contribution in [-0.2, 0) is 23.9 Å². The Kier molecular flexibility index (Phi) is 7.52. The van der Waals surface area contributed by atoms with Crippen LogP contribution in [0.4, 0.5) is 28.9 Å². The standard InChI is InChI=1S/C16H16F4N4O6/c17-12(18)15(28)23-11(13(21)26)14(27)22-8-2-1-7(5-9(8)30-16(19)20)24-3-4-29-6-10(24)25/h1-2,5,11-12,16H,3-4,6H2,(H2,21,26)(H,22,27)(H,23,28)/t11-/m0/s1. The first-order valence-corrected chi connectivity index (χ1v) is 8.25. The Labute approximate surface area is 166 Å². The second kappa shape index (κ2) is 9.87. The average molecular weight is 436 g/mol. The van der Waals surface area contributed by atoms with Crippen molar-refractivity contribution in [2.24, 2.45) is 5.73 Å². The molecule has 1 aromatic carbocycles. The summed E-state index contributed by atoms with van der Waals surface area (Å²) in [4.78, 5) is 47.7. The Morgan fingerprint density at radius 1 is 1.17 bits per heavy atom. The second-order valence-corrected chi connectivity index (χ2v) is 5.79. The second-order valence-electron chi connectivity index (χ2n) is 5.79. The van der Waals surface area contributed by atoms with E-state index >= 15 is 0 Å². The molecule has 0 aromatic heterocycles. The third-order valence-electron chi connectivity index (χ3n) is 3.77. The number of nitrogens with zero attached hydrogens (tertiary/aromatic N) is 1. The number of nitrogens with one attached hydrogen (secondary N) is 2. The monoisotopic (exact) mass is 436 g/mol. The first-order valence-electron chi connectivity index (χ1n) is 8.25. The lowest BCUT2D eigenvalue weighted by molar-refractivity contribution is -0.138. The molecule has 1 aliphatic rings. The fourth-order valence-corrected chi connectivity index (χ4v) is 2.44. The van der Waals surface area contributed by atoms with Crippen molar-refractivity contribution in [2.45, 2.75) is 19.1 Å². The van der Waals surface area contributed by atoms with Crippen LogP contribution in [0, 0.1) is 0 Å². The number of hydrogen-bond acceptors (Lipinski definition) is 6. The number of hydrogen-bond donors (Lipinski definition) is 3. The molecule has 1 atom stereocenters. The van der Waals surface area contributed by atoms with Crippen molar-refractivity contribution in [1.29, 1.82) is 0 Å². The van der Waals surface area contributed by atoms with Gasteiger partial charge in [-0.25, -0.2) is 0 Å². The van der Waals surface area contributed by atoms with Crippen LogP contribution >= 0.6 is 0 Å². The summed E-state index contributed by atoms with van der Waals surface area (Å²) in [6, 6.07) is 1.20. The number of ether oxygens (including phenoxy) is 2. The molecule has 14 heteroatoms. The molecular formula is C16H16F4N4O6. The number of halogens is 4. The van der Waals surface area contributed by atoms with E-state index in [4.69, 9.17) is 10.5 Å². The minimum absolute atomic E-state index is 0.141. The van der Waals surface area contributed by atoms with Crippen molar-refractivity contribution in [3.8, 4) is 5.75 Å². The van der Waals surface area contributed by atoms with Gasteiger partial charge in [0.05, 0.1) is 12.3 Å². The summed E-state index contributed by atoms with van der Waals surface area (Å²) in [7, 11) is 0. The van der Waals surface area contributed by atoms with Crippen LogP contribution in [0.5, 0.6) is 5.75 Å². The number of carbonyl (C=O) groups excluding carboxylic acids is 4. The zero-order valence-corrected chi connectivity index (χ0v) is 15.1. The lowest BCUT2D eigenvalue weighted by Crippen LogP contribution is -2.53. The molecule has 30 heavy (non-hydrogen) atoms. The van der Waals surface area contributed by atoms with Gasteiger partial charge in [0.2, 0.25) is 5.91 Å². The van der Waals surface area contributed by atoms with Crippen molar-refractivity contribution in [3.05, 3.63) is 18.2 Å². The molecule has 1 fully saturated rings. The van der Waals surface area contributed by atoms with Crippen molar-refractivity contribution in [1.82, 2.24) is 5.32 Å². The van der Waals surface area contributed by atoms with E-state index < -0.39 is 48.5 Å². The van der Waals surface area contributed by atoms with Crippen LogP contribution in [0.1, 0.15) is 0 Å². The molecule has 0 bridgehead atoms. The number of nitrogens with two attached hydrogens (primary N) is 1. The average Bonchev–Trinajstić information content (AvgIpc) is 2.66. The number of alkyl halides is 4. The number of benzene rings is 1. The molecule has 0 radical (unpaired) electrons. The maximum absolute atomic E-state index is 12.8. The zero-order valence-electron chi connectivity index (χ0n) is 15.1. The highest BCUT2D eigenvalue weighted by atomic mass is 19.3. The summed E-state index contributed by atoms with van der Waals surface area (Å²) in [5.74, 6) is -5.79. The quantitative estimate of drug-likeness (QED) is 0.382. The fraction of sp³-hybridized carbons (Fsp3) is 0.375. The van der Waals surface area contributed by atoms with Gasteiger partial charge in [0, 0.05) is 18.3 Å². The molecule has 0 spiro atoms. The normalized spacial score (nSPS) is 15.1. The maximum Gasteiger partial charge on any atom is 0.387 e. The molecule has 1 aliphatic heterocycles. The molecule has 164 valence electrons. The van der Waals surface area contributed by atoms with E-state index in [9.17, 15) is 36.7 Å². The van der Waals surface area contributed by atoms with E-state index in [-0.39, 0.29) is 31.1 Å². The van der Waals surface area contributed by atoms with E-state index in [1.165, 1.54) is 16.3 Å². The summed E-state index contributed by atoms with van der Waals surface area (Å²) in [6.45, 7) is -3.18. The van der Waals surface area contributed by atoms with Gasteiger partial charge in [-0.1, -0.05) is 0 Å². The number of rotatable bonds is 8. The Morgan fingerprint density at radius 2 is 1.87 bits per heavy atom. The van der Waals surface area contributed by atoms with Crippen LogP contribution in [0.3, 0.4) is 0 Å². The van der Waals surface area contributed by atoms with Crippen LogP contribution in [0.25, 0.3) is 0 Å². The molecular weight excluding hydrogens is 420 g/mol. The van der Waals surface area contributed by atoms with Crippen LogP contribution in [-0.4, -0.2) is 62.5 Å². The summed E-state index contributed by atoms with van der Waals surface area (Å²) in [5, 5.41) is 3.43. The van der Waals surface area contributed by atoms with E-state index in [2.05, 4.69) is 4.74 Å². The highest BCUT2D eigenvalue weighted by Gasteiger charge is 2.30. The number of carbonyl (C=O) groups is 4. The molecule has 4 amide bonds. The molecule has 0 unspecified atom stereocenters. The van der Waals surface area contributed by atoms with Crippen LogP contribution < -0.4 is 26.0 Å². The predicted octanol–water partition coefficient (Wildman–Crippen LogP) is -0.175. The lowest BCUT2D eigenvalue weighted by Gasteiger charge is -2.27. The van der Waals surface area contributed by atoms with Gasteiger partial charge in [0.1, 0.15) is 6.61 Å². The molecule has 4 N–H and O–H groups in total. The number of morpholine rings is 1. The maximum atomic E-state index is 12.8. The molecule has 0 aliphatic carbocycles. The third-order valence-corrected chi connectivity index (χ3v) is 3.77. The van der Waals surface area contributed by atoms with E-state index in [0.717, 1.165) is 12.1 Å². The number of anilines is 2. The minimum atomic E-state index is -3.53. The Hall–Kier alpha value is -3.42. The van der Waals surface area contributed by atoms with Gasteiger partial charge in [-0.2, -0.15) is 17.6 Å². The number of amides is 4. The summed E-state index contributed by atoms with van der Waals surface area (Å²) in [6.07, 6.45) is -3.53. The van der Waals surface area contributed by atoms with E-state index in [1.807, 2.05) is 5.32 Å². The molecule has 1 saturated heterocycles. The van der Waals surface area contributed by atoms with Crippen LogP contribution in [0.15, 0.2) is 18.2 Å². The highest BCUT2D eigenvalue weighted by Crippen LogP contribution is 2.32. The van der Waals surface area contributed by atoms with Gasteiger partial charge in [0.25, 0.3) is 17.7 Å². The lowest BCUT2D eigenvalue weighted by atomic mass is 10.2. The molecule has 1 aromatic rings. The topological polar surface area (TPSA) is 140 Å². The van der Waals surface area contributed by atoms with Gasteiger partial charge < -0.3 is 30.7 Å². The van der Waals surface area contributed by atoms with E-state index in [1.54, 1.807) is 0 Å². The van der Waals surface area contributed by atoms with Gasteiger partial charge in [0.15, 0.2) is 11.8 Å². The largest absolute Gasteiger partial charge is 0.433 e. The number of primary amides is 1. The van der Waals surface area contributed by atoms with Gasteiger partial charge in [-0.15, -0.1) is 0 Å². The molecule has 0 saturated carbocycles. The third kappa shape index (κ3) is 5.79. The Bertz CT molecular complexity index is 838. The van der Waals surface area contributed by atoms with Crippen molar-refractivity contribution >= 4 is 35.0 Å². The van der Waals surface area contributed by atoms with Crippen molar-refractivity contribution < 1.29 is 46.2 Å². The summed E-state index contributed by atoms with van der Waals surface area (Å²) >= 11 is 0. The smallest absolute Gasteiger partial charge is 0.387 e. The highest BCUT2D eigenvalue weighted by molar-refractivity contribution is 6.12. The first-order chi connectivity index (χ1) is 14.1. The van der Waals surface area contributed by atoms with Crippen molar-refractivity contribution in [3.63, 3.8) is 0 Å². The van der Waals surface area contributed by atoms with Crippen molar-refractivity contribution in [2.75, 3.05) is 30.0 Å². The summed E-state index contributed by atoms with van der Waals surface area (Å²) in [5.41, 5.74) is 4.70. The van der Waals surface area contributed by atoms with Gasteiger partial charge in [-0.3, -0.25) is 19.2 Å². The molecule has 1 heterocycles. The zero-order chi connectivity index (χ0) is 22.4. The minimum Gasteiger partial charge on any atom is -0.433 e. The summed E-state index contributed by atoms with van der Waals surface area (Å²) < 4.78 is 59.6. The van der Waals surface area contributed by atoms with E-state index in [0.29, 0.717) is 0 Å². The van der Waals surface area contributed by atoms with Gasteiger partial charge in [-0.05, 0) is 12.1 Å². The molecule has 2 rings (SSSR count). The fourth-order valence-electron chi connectivity index (χ4n) is 2.44. The van der Waals surface area contributed by atoms with Crippen LogP contribution in [0.2, 0.25) is 0 Å². The first kappa shape index (κ1) is 22.9.